The molecule has 0 radical (unpaired) electrons. The lowest BCUT2D eigenvalue weighted by molar-refractivity contribution is -0.0685. The molecule has 1 atom stereocenters. The minimum atomic E-state index is -0.289. The van der Waals surface area contributed by atoms with Crippen molar-refractivity contribution in [1.82, 2.24) is 0 Å². The van der Waals surface area contributed by atoms with Crippen molar-refractivity contribution >= 4 is 0 Å². The van der Waals surface area contributed by atoms with Crippen molar-refractivity contribution in [2.45, 2.75) is 26.4 Å². The quantitative estimate of drug-likeness (QED) is 0.612. The van der Waals surface area contributed by atoms with E-state index in [1.54, 1.807) is 0 Å². The molecule has 0 amide bonds. The number of aliphatic hydroxyl groups excluding tert-OH is 1. The van der Waals surface area contributed by atoms with Gasteiger partial charge < -0.3 is 15.6 Å². The minimum absolute atomic E-state index is 0.0578. The summed E-state index contributed by atoms with van der Waals surface area (Å²) in [6.07, 6.45) is 0. The largest absolute Gasteiger partial charge is 0.394 e. The Morgan fingerprint density at radius 2 is 2.09 bits per heavy atom. The van der Waals surface area contributed by atoms with Crippen molar-refractivity contribution in [3.8, 4) is 0 Å². The molecule has 0 bridgehead atoms. The van der Waals surface area contributed by atoms with E-state index >= 15 is 0 Å². The zero-order valence-electron chi connectivity index (χ0n) is 7.63. The van der Waals surface area contributed by atoms with Gasteiger partial charge in [0.05, 0.1) is 18.8 Å². The van der Waals surface area contributed by atoms with Gasteiger partial charge in [0.2, 0.25) is 0 Å². The van der Waals surface area contributed by atoms with Crippen LogP contribution in [-0.2, 0) is 4.74 Å². The number of ether oxygens (including phenoxy) is 1. The van der Waals surface area contributed by atoms with E-state index in [0.29, 0.717) is 19.1 Å². The number of aliphatic hydroxyl groups is 1. The molecule has 0 aliphatic heterocycles. The van der Waals surface area contributed by atoms with Gasteiger partial charge in [-0.05, 0) is 12.8 Å². The molecular formula is C8H19NO2. The fourth-order valence-electron chi connectivity index (χ4n) is 0.740. The molecule has 0 saturated heterocycles. The zero-order valence-corrected chi connectivity index (χ0v) is 7.63. The third-order valence-corrected chi connectivity index (χ3v) is 2.15. The standard InChI is InChI=1S/C8H19NO2/c1-7(2)8(3,6-9)11-5-4-10/h7,10H,4-6,9H2,1-3H3. The summed E-state index contributed by atoms with van der Waals surface area (Å²) in [5.74, 6) is 0.374. The summed E-state index contributed by atoms with van der Waals surface area (Å²) in [6, 6.07) is 0. The molecule has 0 aromatic carbocycles. The Labute approximate surface area is 68.5 Å². The summed E-state index contributed by atoms with van der Waals surface area (Å²) < 4.78 is 5.41. The molecule has 0 rings (SSSR count). The molecular weight excluding hydrogens is 142 g/mol. The Balaban J connectivity index is 3.88. The molecule has 68 valence electrons. The topological polar surface area (TPSA) is 55.5 Å². The number of hydrogen-bond acceptors (Lipinski definition) is 3. The van der Waals surface area contributed by atoms with Crippen LogP contribution in [-0.4, -0.2) is 30.5 Å². The van der Waals surface area contributed by atoms with E-state index in [1.165, 1.54) is 0 Å². The van der Waals surface area contributed by atoms with Gasteiger partial charge in [-0.1, -0.05) is 13.8 Å². The molecule has 0 heterocycles. The van der Waals surface area contributed by atoms with Gasteiger partial charge in [-0.25, -0.2) is 0 Å². The van der Waals surface area contributed by atoms with E-state index in [9.17, 15) is 0 Å². The molecule has 3 nitrogen and oxygen atoms in total. The van der Waals surface area contributed by atoms with E-state index in [0.717, 1.165) is 0 Å². The van der Waals surface area contributed by atoms with Gasteiger partial charge in [-0.15, -0.1) is 0 Å². The average Bonchev–Trinajstić information content (AvgIpc) is 2.00. The van der Waals surface area contributed by atoms with Crippen molar-refractivity contribution < 1.29 is 9.84 Å². The van der Waals surface area contributed by atoms with E-state index in [2.05, 4.69) is 13.8 Å². The summed E-state index contributed by atoms with van der Waals surface area (Å²) in [6.45, 7) is 7.00. The summed E-state index contributed by atoms with van der Waals surface area (Å²) in [5, 5.41) is 8.54. The molecule has 0 aliphatic rings. The number of rotatable bonds is 5. The van der Waals surface area contributed by atoms with Crippen molar-refractivity contribution in [2.75, 3.05) is 19.8 Å². The molecule has 0 aliphatic carbocycles. The molecule has 0 aromatic rings. The monoisotopic (exact) mass is 161 g/mol. The first kappa shape index (κ1) is 10.9. The van der Waals surface area contributed by atoms with Crippen LogP contribution in [0.5, 0.6) is 0 Å². The van der Waals surface area contributed by atoms with E-state index in [1.807, 2.05) is 6.92 Å². The molecule has 0 spiro atoms. The Morgan fingerprint density at radius 1 is 1.55 bits per heavy atom. The minimum Gasteiger partial charge on any atom is -0.394 e. The highest BCUT2D eigenvalue weighted by Gasteiger charge is 2.26. The predicted molar refractivity (Wildman–Crippen MR) is 45.3 cm³/mol. The Morgan fingerprint density at radius 3 is 2.36 bits per heavy atom. The van der Waals surface area contributed by atoms with Crippen LogP contribution in [0.15, 0.2) is 0 Å². The number of hydrogen-bond donors (Lipinski definition) is 2. The molecule has 3 heteroatoms. The third-order valence-electron chi connectivity index (χ3n) is 2.15. The van der Waals surface area contributed by atoms with Gasteiger partial charge in [-0.2, -0.15) is 0 Å². The highest BCUT2D eigenvalue weighted by molar-refractivity contribution is 4.79. The zero-order chi connectivity index (χ0) is 8.91. The lowest BCUT2D eigenvalue weighted by Gasteiger charge is -2.32. The second kappa shape index (κ2) is 4.70. The van der Waals surface area contributed by atoms with Crippen molar-refractivity contribution in [2.24, 2.45) is 11.7 Å². The summed E-state index contributed by atoms with van der Waals surface area (Å²) in [4.78, 5) is 0. The van der Waals surface area contributed by atoms with E-state index < -0.39 is 0 Å². The van der Waals surface area contributed by atoms with Crippen LogP contribution in [0.25, 0.3) is 0 Å². The average molecular weight is 161 g/mol. The maximum atomic E-state index is 8.54. The maximum Gasteiger partial charge on any atom is 0.0800 e. The lowest BCUT2D eigenvalue weighted by atomic mass is 9.92. The first-order chi connectivity index (χ1) is 5.06. The normalized spacial score (nSPS) is 16.9. The van der Waals surface area contributed by atoms with Crippen molar-refractivity contribution in [3.05, 3.63) is 0 Å². The Kier molecular flexibility index (Phi) is 4.65. The molecule has 11 heavy (non-hydrogen) atoms. The first-order valence-electron chi connectivity index (χ1n) is 4.01. The summed E-state index contributed by atoms with van der Waals surface area (Å²) in [7, 11) is 0. The van der Waals surface area contributed by atoms with E-state index in [4.69, 9.17) is 15.6 Å². The van der Waals surface area contributed by atoms with Gasteiger partial charge in [0, 0.05) is 6.54 Å². The Bertz CT molecular complexity index is 106. The van der Waals surface area contributed by atoms with Crippen LogP contribution in [0.2, 0.25) is 0 Å². The predicted octanol–water partition coefficient (Wildman–Crippen LogP) is 0.369. The fourth-order valence-corrected chi connectivity index (χ4v) is 0.740. The van der Waals surface area contributed by atoms with Crippen molar-refractivity contribution in [3.63, 3.8) is 0 Å². The van der Waals surface area contributed by atoms with Crippen LogP contribution >= 0.6 is 0 Å². The lowest BCUT2D eigenvalue weighted by Crippen LogP contribution is -2.43. The molecule has 3 N–H and O–H groups in total. The second-order valence-corrected chi connectivity index (χ2v) is 3.24. The van der Waals surface area contributed by atoms with Crippen LogP contribution < -0.4 is 5.73 Å². The van der Waals surface area contributed by atoms with Gasteiger partial charge in [0.15, 0.2) is 0 Å². The summed E-state index contributed by atoms with van der Waals surface area (Å²) in [5.41, 5.74) is 5.25. The first-order valence-corrected chi connectivity index (χ1v) is 4.01. The molecule has 0 saturated carbocycles. The molecule has 0 aromatic heterocycles. The Hall–Kier alpha value is -0.120. The fraction of sp³-hybridized carbons (Fsp3) is 1.00. The highest BCUT2D eigenvalue weighted by atomic mass is 16.5. The van der Waals surface area contributed by atoms with Crippen LogP contribution in [0, 0.1) is 5.92 Å². The summed E-state index contributed by atoms with van der Waals surface area (Å²) >= 11 is 0. The molecule has 1 unspecified atom stereocenters. The van der Waals surface area contributed by atoms with Crippen LogP contribution in [0.4, 0.5) is 0 Å². The third kappa shape index (κ3) is 3.18. The SMILES string of the molecule is CC(C)C(C)(CN)OCCO. The van der Waals surface area contributed by atoms with Gasteiger partial charge >= 0.3 is 0 Å². The van der Waals surface area contributed by atoms with Gasteiger partial charge in [-0.3, -0.25) is 0 Å². The highest BCUT2D eigenvalue weighted by Crippen LogP contribution is 2.19. The van der Waals surface area contributed by atoms with Crippen LogP contribution in [0.3, 0.4) is 0 Å². The molecule has 0 fully saturated rings. The smallest absolute Gasteiger partial charge is 0.0800 e. The van der Waals surface area contributed by atoms with Crippen LogP contribution in [0.1, 0.15) is 20.8 Å². The van der Waals surface area contributed by atoms with E-state index in [-0.39, 0.29) is 12.2 Å². The maximum absolute atomic E-state index is 8.54. The van der Waals surface area contributed by atoms with Gasteiger partial charge in [0.1, 0.15) is 0 Å². The van der Waals surface area contributed by atoms with Gasteiger partial charge in [0.25, 0.3) is 0 Å². The second-order valence-electron chi connectivity index (χ2n) is 3.24. The van der Waals surface area contributed by atoms with Crippen molar-refractivity contribution in [1.29, 1.82) is 0 Å². The number of nitrogens with two attached hydrogens (primary N) is 1.